The van der Waals surface area contributed by atoms with Crippen LogP contribution in [-0.2, 0) is 0 Å². The van der Waals surface area contributed by atoms with Crippen molar-refractivity contribution in [1.82, 2.24) is 4.90 Å². The first-order chi connectivity index (χ1) is 10.1. The number of non-ortho nitro benzene ring substituents is 1. The van der Waals surface area contributed by atoms with Gasteiger partial charge in [-0.25, -0.2) is 0 Å². The van der Waals surface area contributed by atoms with Gasteiger partial charge in [-0.1, -0.05) is 6.42 Å². The van der Waals surface area contributed by atoms with Crippen LogP contribution in [0.2, 0.25) is 0 Å². The summed E-state index contributed by atoms with van der Waals surface area (Å²) >= 11 is 0. The van der Waals surface area contributed by atoms with Gasteiger partial charge in [0.2, 0.25) is 0 Å². The number of likely N-dealkylation sites (tertiary alicyclic amines) is 1. The van der Waals surface area contributed by atoms with Crippen molar-refractivity contribution in [2.75, 3.05) is 25.0 Å². The van der Waals surface area contributed by atoms with Crippen molar-refractivity contribution in [3.63, 3.8) is 0 Å². The lowest BCUT2D eigenvalue weighted by Gasteiger charge is -2.32. The van der Waals surface area contributed by atoms with Gasteiger partial charge >= 0.3 is 0 Å². The van der Waals surface area contributed by atoms with Crippen molar-refractivity contribution in [1.29, 1.82) is 5.26 Å². The van der Waals surface area contributed by atoms with Crippen molar-refractivity contribution in [2.45, 2.75) is 32.2 Å². The van der Waals surface area contributed by atoms with Crippen molar-refractivity contribution < 1.29 is 4.92 Å². The van der Waals surface area contributed by atoms with Crippen LogP contribution in [0.5, 0.6) is 0 Å². The third-order valence-electron chi connectivity index (χ3n) is 3.94. The summed E-state index contributed by atoms with van der Waals surface area (Å²) in [5.41, 5.74) is 0.920. The highest BCUT2D eigenvalue weighted by molar-refractivity contribution is 5.61. The molecule has 1 unspecified atom stereocenters. The van der Waals surface area contributed by atoms with Crippen molar-refractivity contribution >= 4 is 11.4 Å². The SMILES string of the molecule is CC(CNc1ccc([N+](=O)[O-])cc1C#N)N1CCCCC1. The summed E-state index contributed by atoms with van der Waals surface area (Å²) in [5.74, 6) is 0. The van der Waals surface area contributed by atoms with Gasteiger partial charge in [-0.05, 0) is 38.9 Å². The Labute approximate surface area is 124 Å². The number of anilines is 1. The highest BCUT2D eigenvalue weighted by Crippen LogP contribution is 2.22. The van der Waals surface area contributed by atoms with Crippen LogP contribution in [0.25, 0.3) is 0 Å². The number of piperidine rings is 1. The molecule has 1 heterocycles. The van der Waals surface area contributed by atoms with Gasteiger partial charge in [0.1, 0.15) is 6.07 Å². The summed E-state index contributed by atoms with van der Waals surface area (Å²) in [5, 5.41) is 23.1. The molecule has 0 bridgehead atoms. The standard InChI is InChI=1S/C15H20N4O2/c1-12(18-7-3-2-4-8-18)11-17-15-6-5-14(19(20)21)9-13(15)10-16/h5-6,9,12,17H,2-4,7-8,11H2,1H3. The minimum absolute atomic E-state index is 0.0545. The molecule has 1 N–H and O–H groups in total. The molecule has 0 amide bonds. The van der Waals surface area contributed by atoms with Crippen LogP contribution in [0.15, 0.2) is 18.2 Å². The van der Waals surface area contributed by atoms with Crippen molar-refractivity contribution in [2.24, 2.45) is 0 Å². The number of hydrogen-bond donors (Lipinski definition) is 1. The topological polar surface area (TPSA) is 82.2 Å². The van der Waals surface area contributed by atoms with Crippen LogP contribution in [0.1, 0.15) is 31.7 Å². The Balaban J connectivity index is 1.99. The molecule has 21 heavy (non-hydrogen) atoms. The van der Waals surface area contributed by atoms with Gasteiger partial charge in [0.25, 0.3) is 5.69 Å². The number of rotatable bonds is 5. The van der Waals surface area contributed by atoms with Crippen LogP contribution in [0, 0.1) is 21.4 Å². The summed E-state index contributed by atoms with van der Waals surface area (Å²) < 4.78 is 0. The number of nitriles is 1. The van der Waals surface area contributed by atoms with Crippen LogP contribution in [0.3, 0.4) is 0 Å². The Morgan fingerprint density at radius 1 is 1.43 bits per heavy atom. The molecular formula is C15H20N4O2. The fourth-order valence-electron chi connectivity index (χ4n) is 2.64. The van der Waals surface area contributed by atoms with E-state index in [-0.39, 0.29) is 5.69 Å². The molecule has 2 rings (SSSR count). The van der Waals surface area contributed by atoms with Crippen LogP contribution < -0.4 is 5.32 Å². The van der Waals surface area contributed by atoms with E-state index in [2.05, 4.69) is 17.1 Å². The molecule has 0 saturated carbocycles. The third kappa shape index (κ3) is 3.92. The van der Waals surface area contributed by atoms with E-state index in [1.165, 1.54) is 31.4 Å². The zero-order valence-electron chi connectivity index (χ0n) is 12.2. The number of benzene rings is 1. The number of nitrogens with zero attached hydrogens (tertiary/aromatic N) is 3. The van der Waals surface area contributed by atoms with Gasteiger partial charge in [-0.3, -0.25) is 15.0 Å². The number of nitro groups is 1. The van der Waals surface area contributed by atoms with Crippen LogP contribution >= 0.6 is 0 Å². The molecular weight excluding hydrogens is 268 g/mol. The van der Waals surface area contributed by atoms with Crippen molar-refractivity contribution in [3.8, 4) is 6.07 Å². The first kappa shape index (κ1) is 15.3. The molecule has 6 heteroatoms. The van der Waals surface area contributed by atoms with E-state index in [9.17, 15) is 10.1 Å². The molecule has 1 aromatic rings. The quantitative estimate of drug-likeness (QED) is 0.665. The smallest absolute Gasteiger partial charge is 0.270 e. The van der Waals surface area contributed by atoms with Gasteiger partial charge in [-0.2, -0.15) is 5.26 Å². The Kier molecular flexibility index (Phi) is 5.12. The van der Waals surface area contributed by atoms with Gasteiger partial charge in [0.15, 0.2) is 0 Å². The van der Waals surface area contributed by atoms with E-state index in [0.29, 0.717) is 17.3 Å². The highest BCUT2D eigenvalue weighted by Gasteiger charge is 2.17. The van der Waals surface area contributed by atoms with E-state index in [4.69, 9.17) is 5.26 Å². The average Bonchev–Trinajstić information content (AvgIpc) is 2.53. The van der Waals surface area contributed by atoms with Gasteiger partial charge in [0.05, 0.1) is 16.2 Å². The molecule has 1 aliphatic rings. The summed E-state index contributed by atoms with van der Waals surface area (Å²) in [4.78, 5) is 12.7. The molecule has 0 spiro atoms. The lowest BCUT2D eigenvalue weighted by molar-refractivity contribution is -0.384. The highest BCUT2D eigenvalue weighted by atomic mass is 16.6. The van der Waals surface area contributed by atoms with E-state index in [0.717, 1.165) is 19.6 Å². The van der Waals surface area contributed by atoms with E-state index < -0.39 is 4.92 Å². The van der Waals surface area contributed by atoms with Crippen LogP contribution in [-0.4, -0.2) is 35.5 Å². The predicted molar refractivity (Wildman–Crippen MR) is 81.2 cm³/mol. The second-order valence-electron chi connectivity index (χ2n) is 5.43. The minimum atomic E-state index is -0.485. The largest absolute Gasteiger partial charge is 0.382 e. The second-order valence-corrected chi connectivity index (χ2v) is 5.43. The Bertz CT molecular complexity index is 547. The molecule has 1 atom stereocenters. The molecule has 0 aliphatic carbocycles. The molecule has 0 aromatic heterocycles. The fraction of sp³-hybridized carbons (Fsp3) is 0.533. The maximum atomic E-state index is 10.7. The molecule has 6 nitrogen and oxygen atoms in total. The number of nitro benzene ring substituents is 1. The molecule has 1 fully saturated rings. The summed E-state index contributed by atoms with van der Waals surface area (Å²) in [7, 11) is 0. The first-order valence-corrected chi connectivity index (χ1v) is 7.28. The van der Waals surface area contributed by atoms with Crippen LogP contribution in [0.4, 0.5) is 11.4 Å². The van der Waals surface area contributed by atoms with E-state index in [1.807, 2.05) is 6.07 Å². The maximum Gasteiger partial charge on any atom is 0.270 e. The monoisotopic (exact) mass is 288 g/mol. The molecule has 1 saturated heterocycles. The minimum Gasteiger partial charge on any atom is -0.382 e. The summed E-state index contributed by atoms with van der Waals surface area (Å²) in [6.45, 7) is 5.13. The van der Waals surface area contributed by atoms with Gasteiger partial charge in [0, 0.05) is 24.7 Å². The van der Waals surface area contributed by atoms with E-state index >= 15 is 0 Å². The zero-order chi connectivity index (χ0) is 15.2. The molecule has 1 aromatic carbocycles. The lowest BCUT2D eigenvalue weighted by atomic mass is 10.1. The number of nitrogens with one attached hydrogen (secondary N) is 1. The maximum absolute atomic E-state index is 10.7. The van der Waals surface area contributed by atoms with E-state index in [1.54, 1.807) is 6.07 Å². The second kappa shape index (κ2) is 7.04. The number of hydrogen-bond acceptors (Lipinski definition) is 5. The molecule has 0 radical (unpaired) electrons. The average molecular weight is 288 g/mol. The van der Waals surface area contributed by atoms with Gasteiger partial charge in [-0.15, -0.1) is 0 Å². The normalized spacial score (nSPS) is 17.0. The van der Waals surface area contributed by atoms with Crippen molar-refractivity contribution in [3.05, 3.63) is 33.9 Å². The first-order valence-electron chi connectivity index (χ1n) is 7.28. The molecule has 112 valence electrons. The Morgan fingerprint density at radius 2 is 2.14 bits per heavy atom. The summed E-state index contributed by atoms with van der Waals surface area (Å²) in [6.07, 6.45) is 3.79. The lowest BCUT2D eigenvalue weighted by Crippen LogP contribution is -2.41. The predicted octanol–water partition coefficient (Wildman–Crippen LogP) is 2.75. The Morgan fingerprint density at radius 3 is 2.76 bits per heavy atom. The van der Waals surface area contributed by atoms with Gasteiger partial charge < -0.3 is 5.32 Å². The molecule has 1 aliphatic heterocycles. The Hall–Kier alpha value is -2.13. The zero-order valence-corrected chi connectivity index (χ0v) is 12.2. The third-order valence-corrected chi connectivity index (χ3v) is 3.94. The summed E-state index contributed by atoms with van der Waals surface area (Å²) in [6, 6.07) is 6.74. The fourth-order valence-corrected chi connectivity index (χ4v) is 2.64.